The van der Waals surface area contributed by atoms with E-state index in [4.69, 9.17) is 10.5 Å². The Morgan fingerprint density at radius 1 is 1.38 bits per heavy atom. The Hall–Kier alpha value is -2.75. The summed E-state index contributed by atoms with van der Waals surface area (Å²) >= 11 is 0.790. The third-order valence-corrected chi connectivity index (χ3v) is 4.43. The van der Waals surface area contributed by atoms with Crippen LogP contribution in [0.4, 0.5) is 13.8 Å². The number of benzene rings is 1. The van der Waals surface area contributed by atoms with E-state index in [1.807, 2.05) is 0 Å². The maximum Gasteiger partial charge on any atom is 0.346 e. The minimum absolute atomic E-state index is 0.0345. The molecular weight excluding hydrogens is 368 g/mol. The summed E-state index contributed by atoms with van der Waals surface area (Å²) in [6.07, 6.45) is 1.68. The molecule has 0 bridgehead atoms. The smallest absolute Gasteiger partial charge is 0.346 e. The van der Waals surface area contributed by atoms with E-state index in [0.29, 0.717) is 0 Å². The Bertz CT molecular complexity index is 867. The van der Waals surface area contributed by atoms with Gasteiger partial charge in [-0.05, 0) is 36.5 Å². The van der Waals surface area contributed by atoms with Gasteiger partial charge in [0.1, 0.15) is 23.2 Å². The van der Waals surface area contributed by atoms with Crippen LogP contribution in [-0.4, -0.2) is 29.4 Å². The number of amides is 1. The van der Waals surface area contributed by atoms with Crippen molar-refractivity contribution in [1.82, 2.24) is 9.69 Å². The van der Waals surface area contributed by atoms with Crippen LogP contribution in [0.3, 0.4) is 0 Å². The van der Waals surface area contributed by atoms with Crippen LogP contribution in [0.5, 0.6) is 5.88 Å². The number of rotatable bonds is 6. The fourth-order valence-corrected chi connectivity index (χ4v) is 2.80. The van der Waals surface area contributed by atoms with Gasteiger partial charge in [-0.3, -0.25) is 4.79 Å². The number of anilines is 1. The molecular formula is C16H15F2N3O4S. The fraction of sp³-hybridized carbons (Fsp3) is 0.312. The molecule has 0 radical (unpaired) electrons. The number of carbonyl (C=O) groups excluding carboxylic acids is 2. The standard InChI is InChI=1S/C16H15F2N3O4S/c1-24-16(23)11-13(19)26-21-15(11)25-6-9-10(17)5-4-8(12(9)18)14(22)20-7-2-3-7/h4-5,7H,2-3,6,19H2,1H3,(H,20,22). The molecule has 0 unspecified atom stereocenters. The molecule has 3 N–H and O–H groups in total. The molecule has 10 heteroatoms. The van der Waals surface area contributed by atoms with Crippen molar-refractivity contribution in [3.05, 3.63) is 40.5 Å². The van der Waals surface area contributed by atoms with E-state index in [1.165, 1.54) is 0 Å². The fourth-order valence-electron chi connectivity index (χ4n) is 2.21. The lowest BCUT2D eigenvalue weighted by Crippen LogP contribution is -2.27. The Morgan fingerprint density at radius 2 is 2.12 bits per heavy atom. The predicted octanol–water partition coefficient (Wildman–Crippen LogP) is 2.26. The van der Waals surface area contributed by atoms with Gasteiger partial charge >= 0.3 is 5.97 Å². The molecule has 0 saturated heterocycles. The van der Waals surface area contributed by atoms with Crippen molar-refractivity contribution in [2.24, 2.45) is 0 Å². The first-order valence-electron chi connectivity index (χ1n) is 7.66. The highest BCUT2D eigenvalue weighted by Crippen LogP contribution is 2.30. The van der Waals surface area contributed by atoms with Crippen molar-refractivity contribution in [2.75, 3.05) is 12.8 Å². The highest BCUT2D eigenvalue weighted by molar-refractivity contribution is 7.10. The minimum atomic E-state index is -1.02. The number of esters is 1. The van der Waals surface area contributed by atoms with Crippen molar-refractivity contribution in [3.63, 3.8) is 0 Å². The molecule has 0 spiro atoms. The average molecular weight is 383 g/mol. The predicted molar refractivity (Wildman–Crippen MR) is 89.0 cm³/mol. The first kappa shape index (κ1) is 18.1. The average Bonchev–Trinajstić information content (AvgIpc) is 3.34. The van der Waals surface area contributed by atoms with E-state index < -0.39 is 35.7 Å². The van der Waals surface area contributed by atoms with Gasteiger partial charge < -0.3 is 20.5 Å². The zero-order chi connectivity index (χ0) is 18.8. The van der Waals surface area contributed by atoms with Crippen molar-refractivity contribution in [1.29, 1.82) is 0 Å². The van der Waals surface area contributed by atoms with Gasteiger partial charge in [0.15, 0.2) is 5.56 Å². The molecule has 0 aliphatic heterocycles. The number of nitrogens with one attached hydrogen (secondary N) is 1. The third kappa shape index (κ3) is 3.59. The van der Waals surface area contributed by atoms with Crippen molar-refractivity contribution < 1.29 is 27.8 Å². The second-order valence-corrected chi connectivity index (χ2v) is 6.45. The molecule has 3 rings (SSSR count). The lowest BCUT2D eigenvalue weighted by molar-refractivity contribution is 0.0596. The number of nitrogens with two attached hydrogens (primary N) is 1. The molecule has 1 aliphatic rings. The number of methoxy groups -OCH3 is 1. The molecule has 1 fully saturated rings. The minimum Gasteiger partial charge on any atom is -0.471 e. The summed E-state index contributed by atoms with van der Waals surface area (Å²) < 4.78 is 42.3. The van der Waals surface area contributed by atoms with Crippen LogP contribution in [0.15, 0.2) is 12.1 Å². The topological polar surface area (TPSA) is 104 Å². The number of nitrogens with zero attached hydrogens (tertiary/aromatic N) is 1. The van der Waals surface area contributed by atoms with Crippen LogP contribution in [-0.2, 0) is 11.3 Å². The first-order chi connectivity index (χ1) is 12.4. The van der Waals surface area contributed by atoms with E-state index in [1.54, 1.807) is 0 Å². The Labute approximate surface area is 151 Å². The lowest BCUT2D eigenvalue weighted by atomic mass is 10.1. The molecule has 7 nitrogen and oxygen atoms in total. The molecule has 1 aliphatic carbocycles. The van der Waals surface area contributed by atoms with Crippen LogP contribution in [0, 0.1) is 11.6 Å². The molecule has 1 amide bonds. The summed E-state index contributed by atoms with van der Waals surface area (Å²) in [5.41, 5.74) is 4.80. The number of aromatic nitrogens is 1. The Morgan fingerprint density at radius 3 is 2.77 bits per heavy atom. The van der Waals surface area contributed by atoms with Gasteiger partial charge in [0.25, 0.3) is 5.91 Å². The molecule has 26 heavy (non-hydrogen) atoms. The van der Waals surface area contributed by atoms with Gasteiger partial charge in [-0.1, -0.05) is 0 Å². The van der Waals surface area contributed by atoms with Gasteiger partial charge in [-0.25, -0.2) is 13.6 Å². The zero-order valence-electron chi connectivity index (χ0n) is 13.7. The molecule has 1 saturated carbocycles. The maximum atomic E-state index is 14.6. The highest BCUT2D eigenvalue weighted by atomic mass is 32.1. The second-order valence-electron chi connectivity index (χ2n) is 5.64. The molecule has 1 aromatic heterocycles. The van der Waals surface area contributed by atoms with Crippen molar-refractivity contribution >= 4 is 28.4 Å². The number of halogens is 2. The zero-order valence-corrected chi connectivity index (χ0v) is 14.5. The van der Waals surface area contributed by atoms with Crippen LogP contribution < -0.4 is 15.8 Å². The Kier molecular flexibility index (Phi) is 5.03. The van der Waals surface area contributed by atoms with E-state index in [0.717, 1.165) is 43.6 Å². The number of hydrogen-bond donors (Lipinski definition) is 2. The summed E-state index contributed by atoms with van der Waals surface area (Å²) in [4.78, 5) is 23.7. The first-order valence-corrected chi connectivity index (χ1v) is 8.43. The van der Waals surface area contributed by atoms with Gasteiger partial charge in [-0.2, -0.15) is 4.37 Å². The molecule has 138 valence electrons. The van der Waals surface area contributed by atoms with Crippen LogP contribution >= 0.6 is 11.5 Å². The number of ether oxygens (including phenoxy) is 2. The van der Waals surface area contributed by atoms with E-state index in [2.05, 4.69) is 14.4 Å². The largest absolute Gasteiger partial charge is 0.471 e. The van der Waals surface area contributed by atoms with Gasteiger partial charge in [0.2, 0.25) is 5.88 Å². The van der Waals surface area contributed by atoms with Crippen LogP contribution in [0.1, 0.15) is 39.1 Å². The summed E-state index contributed by atoms with van der Waals surface area (Å²) in [7, 11) is 1.16. The Balaban J connectivity index is 1.82. The molecule has 2 aromatic rings. The second kappa shape index (κ2) is 7.24. The maximum absolute atomic E-state index is 14.6. The normalized spacial score (nSPS) is 13.3. The van der Waals surface area contributed by atoms with Crippen LogP contribution in [0.2, 0.25) is 0 Å². The van der Waals surface area contributed by atoms with Gasteiger partial charge in [-0.15, -0.1) is 0 Å². The SMILES string of the molecule is COC(=O)c1c(OCc2c(F)ccc(C(=O)NC3CC3)c2F)nsc1N. The van der Waals surface area contributed by atoms with Crippen molar-refractivity contribution in [2.45, 2.75) is 25.5 Å². The third-order valence-electron chi connectivity index (χ3n) is 3.77. The molecule has 1 heterocycles. The van der Waals surface area contributed by atoms with E-state index >= 15 is 0 Å². The molecule has 1 aromatic carbocycles. The monoisotopic (exact) mass is 383 g/mol. The van der Waals surface area contributed by atoms with Crippen LogP contribution in [0.25, 0.3) is 0 Å². The van der Waals surface area contributed by atoms with E-state index in [9.17, 15) is 18.4 Å². The lowest BCUT2D eigenvalue weighted by Gasteiger charge is -2.11. The van der Waals surface area contributed by atoms with Gasteiger partial charge in [0.05, 0.1) is 18.2 Å². The number of carbonyl (C=O) groups is 2. The quantitative estimate of drug-likeness (QED) is 0.742. The van der Waals surface area contributed by atoms with Crippen molar-refractivity contribution in [3.8, 4) is 5.88 Å². The number of hydrogen-bond acceptors (Lipinski definition) is 7. The summed E-state index contributed by atoms with van der Waals surface area (Å²) in [5, 5.41) is 2.70. The summed E-state index contributed by atoms with van der Waals surface area (Å²) in [6, 6.07) is 2.10. The highest BCUT2D eigenvalue weighted by Gasteiger charge is 2.27. The van der Waals surface area contributed by atoms with Gasteiger partial charge in [0, 0.05) is 6.04 Å². The summed E-state index contributed by atoms with van der Waals surface area (Å²) in [6.45, 7) is -0.574. The molecule has 0 atom stereocenters. The summed E-state index contributed by atoms with van der Waals surface area (Å²) in [5.74, 6) is -3.48. The number of nitrogen functional groups attached to an aromatic ring is 1. The van der Waals surface area contributed by atoms with E-state index in [-0.39, 0.29) is 28.0 Å².